The molecule has 5 aliphatic carbocycles. The molecule has 232 valence electrons. The van der Waals surface area contributed by atoms with Gasteiger partial charge in [0.25, 0.3) is 6.01 Å². The monoisotopic (exact) mass is 593 g/mol. The van der Waals surface area contributed by atoms with E-state index in [1.165, 1.54) is 18.4 Å². The lowest BCUT2D eigenvalue weighted by molar-refractivity contribution is -0.153. The Morgan fingerprint density at radius 1 is 1.11 bits per heavy atom. The van der Waals surface area contributed by atoms with Gasteiger partial charge in [-0.3, -0.25) is 14.5 Å². The SMILES string of the molecule is C=C[C@@H]1CC2C3CCC4=CC(=O)CCC4(C)C3C3(CC3)CC2(C)C(C(=O)CN2CCN(c3nc4ccccc4o3)CC2)C1=C. The molecule has 1 spiro atoms. The van der Waals surface area contributed by atoms with Gasteiger partial charge in [0.2, 0.25) is 0 Å². The summed E-state index contributed by atoms with van der Waals surface area (Å²) in [5.41, 5.74) is 4.58. The van der Waals surface area contributed by atoms with Gasteiger partial charge in [0.05, 0.1) is 6.54 Å². The number of piperazine rings is 1. The predicted molar refractivity (Wildman–Crippen MR) is 173 cm³/mol. The van der Waals surface area contributed by atoms with Gasteiger partial charge in [0.1, 0.15) is 5.52 Å². The number of carbonyl (C=O) groups excluding carboxylic acids is 2. The molecule has 2 aromatic rings. The van der Waals surface area contributed by atoms with Crippen molar-refractivity contribution in [2.45, 2.75) is 65.2 Å². The molecule has 6 nitrogen and oxygen atoms in total. The summed E-state index contributed by atoms with van der Waals surface area (Å²) in [6, 6.07) is 8.57. The van der Waals surface area contributed by atoms with Crippen LogP contribution in [0.15, 0.2) is 65.1 Å². The Bertz CT molecular complexity index is 1540. The lowest BCUT2D eigenvalue weighted by Crippen LogP contribution is -2.61. The maximum atomic E-state index is 14.6. The molecule has 0 bridgehead atoms. The predicted octanol–water partition coefficient (Wildman–Crippen LogP) is 7.03. The average Bonchev–Trinajstić information content (AvgIpc) is 3.61. The minimum atomic E-state index is -0.129. The highest BCUT2D eigenvalue weighted by molar-refractivity contribution is 5.91. The zero-order chi connectivity index (χ0) is 30.4. The molecule has 5 fully saturated rings. The van der Waals surface area contributed by atoms with E-state index in [4.69, 9.17) is 9.40 Å². The van der Waals surface area contributed by atoms with E-state index in [9.17, 15) is 9.59 Å². The summed E-state index contributed by atoms with van der Waals surface area (Å²) in [7, 11) is 0. The van der Waals surface area contributed by atoms with Gasteiger partial charge in [-0.1, -0.05) is 49.8 Å². The lowest BCUT2D eigenvalue weighted by Gasteiger charge is -2.66. The molecule has 6 unspecified atom stereocenters. The van der Waals surface area contributed by atoms with Crippen LogP contribution in [0.1, 0.15) is 65.2 Å². The summed E-state index contributed by atoms with van der Waals surface area (Å²) in [4.78, 5) is 36.2. The molecule has 0 N–H and O–H groups in total. The van der Waals surface area contributed by atoms with Crippen LogP contribution in [-0.4, -0.2) is 54.2 Å². The Morgan fingerprint density at radius 3 is 2.61 bits per heavy atom. The van der Waals surface area contributed by atoms with Crippen molar-refractivity contribution < 1.29 is 14.0 Å². The first-order chi connectivity index (χ1) is 21.1. The zero-order valence-corrected chi connectivity index (χ0v) is 26.5. The summed E-state index contributed by atoms with van der Waals surface area (Å²) in [5, 5.41) is 0. The molecule has 4 saturated carbocycles. The Balaban J connectivity index is 1.04. The fraction of sp³-hybridized carbons (Fsp3) is 0.605. The van der Waals surface area contributed by atoms with Crippen LogP contribution < -0.4 is 4.90 Å². The average molecular weight is 594 g/mol. The first-order valence-corrected chi connectivity index (χ1v) is 17.1. The molecular formula is C38H47N3O3. The van der Waals surface area contributed by atoms with Crippen molar-refractivity contribution in [2.24, 2.45) is 45.8 Å². The molecule has 2 heterocycles. The fourth-order valence-electron chi connectivity index (χ4n) is 11.4. The first-order valence-electron chi connectivity index (χ1n) is 17.1. The number of hydrogen-bond acceptors (Lipinski definition) is 6. The number of Topliss-reactive ketones (excluding diaryl/α,β-unsaturated/α-hetero) is 1. The standard InChI is InChI=1S/C38H47N3O3/c1-5-25-20-29-28-11-10-26-21-27(42)12-13-36(26,3)34(28)38(14-15-38)23-37(29,4)33(24(25)2)31(43)22-40-16-18-41(19-17-40)35-39-30-8-6-7-9-32(30)44-35/h5-9,21,25,28-29,33-34H,1-2,10-20,22-23H2,3-4H3/t25-,28?,29?,33?,34?,36?,37?/m1/s1. The van der Waals surface area contributed by atoms with Crippen LogP contribution in [0.25, 0.3) is 11.1 Å². The third kappa shape index (κ3) is 4.19. The van der Waals surface area contributed by atoms with Crippen molar-refractivity contribution in [2.75, 3.05) is 37.6 Å². The highest BCUT2D eigenvalue weighted by atomic mass is 16.4. The van der Waals surface area contributed by atoms with Crippen LogP contribution in [-0.2, 0) is 9.59 Å². The number of benzene rings is 1. The first kappa shape index (κ1) is 28.5. The van der Waals surface area contributed by atoms with Gasteiger partial charge < -0.3 is 9.32 Å². The fourth-order valence-corrected chi connectivity index (χ4v) is 11.4. The van der Waals surface area contributed by atoms with Crippen LogP contribution >= 0.6 is 0 Å². The van der Waals surface area contributed by atoms with Crippen molar-refractivity contribution in [3.8, 4) is 0 Å². The van der Waals surface area contributed by atoms with E-state index in [0.717, 1.165) is 75.0 Å². The number of ketones is 2. The number of nitrogens with zero attached hydrogens (tertiary/aromatic N) is 3. The Hall–Kier alpha value is -2.99. The maximum Gasteiger partial charge on any atom is 0.298 e. The minimum absolute atomic E-state index is 0.0760. The van der Waals surface area contributed by atoms with Crippen LogP contribution in [0.4, 0.5) is 6.01 Å². The number of oxazole rings is 1. The normalized spacial score (nSPS) is 38.1. The van der Waals surface area contributed by atoms with Crippen LogP contribution in [0.2, 0.25) is 0 Å². The van der Waals surface area contributed by atoms with Gasteiger partial charge in [-0.2, -0.15) is 4.98 Å². The second-order valence-electron chi connectivity index (χ2n) is 15.7. The van der Waals surface area contributed by atoms with Crippen LogP contribution in [0.3, 0.4) is 0 Å². The molecule has 0 amide bonds. The summed E-state index contributed by atoms with van der Waals surface area (Å²) in [6.45, 7) is 17.5. The van der Waals surface area contributed by atoms with E-state index in [2.05, 4.69) is 42.9 Å². The highest BCUT2D eigenvalue weighted by Gasteiger charge is 2.70. The second kappa shape index (κ2) is 10.0. The van der Waals surface area contributed by atoms with Gasteiger partial charge in [-0.05, 0) is 103 Å². The number of fused-ring (bicyclic) bond motifs is 7. The van der Waals surface area contributed by atoms with Gasteiger partial charge in [0.15, 0.2) is 17.1 Å². The van der Waals surface area contributed by atoms with E-state index >= 15 is 0 Å². The van der Waals surface area contributed by atoms with Gasteiger partial charge >= 0.3 is 0 Å². The van der Waals surface area contributed by atoms with Gasteiger partial charge in [-0.15, -0.1) is 6.58 Å². The molecule has 1 aliphatic heterocycles. The third-order valence-electron chi connectivity index (χ3n) is 13.4. The van der Waals surface area contributed by atoms with Crippen molar-refractivity contribution in [3.05, 3.63) is 60.7 Å². The molecular weight excluding hydrogens is 546 g/mol. The molecule has 8 rings (SSSR count). The van der Waals surface area contributed by atoms with Crippen molar-refractivity contribution in [3.63, 3.8) is 0 Å². The minimum Gasteiger partial charge on any atom is -0.423 e. The lowest BCUT2D eigenvalue weighted by atomic mass is 9.38. The molecule has 6 heteroatoms. The zero-order valence-electron chi connectivity index (χ0n) is 26.5. The van der Waals surface area contributed by atoms with Gasteiger partial charge in [-0.25, -0.2) is 0 Å². The summed E-state index contributed by atoms with van der Waals surface area (Å²) >= 11 is 0. The smallest absolute Gasteiger partial charge is 0.298 e. The number of hydrogen-bond donors (Lipinski definition) is 0. The second-order valence-corrected chi connectivity index (χ2v) is 15.7. The largest absolute Gasteiger partial charge is 0.423 e. The summed E-state index contributed by atoms with van der Waals surface area (Å²) in [5.74, 6) is 2.42. The molecule has 44 heavy (non-hydrogen) atoms. The van der Waals surface area contributed by atoms with E-state index in [1.807, 2.05) is 30.3 Å². The number of carbonyl (C=O) groups is 2. The number of para-hydroxylation sites is 2. The van der Waals surface area contributed by atoms with E-state index in [1.54, 1.807) is 0 Å². The number of aromatic nitrogens is 1. The summed E-state index contributed by atoms with van der Waals surface area (Å²) in [6.07, 6.45) is 12.7. The van der Waals surface area contributed by atoms with Gasteiger partial charge in [0, 0.05) is 38.5 Å². The number of anilines is 1. The van der Waals surface area contributed by atoms with Crippen LogP contribution in [0.5, 0.6) is 0 Å². The van der Waals surface area contributed by atoms with E-state index in [-0.39, 0.29) is 22.7 Å². The number of rotatable bonds is 5. The topological polar surface area (TPSA) is 66.7 Å². The Kier molecular flexibility index (Phi) is 6.48. The Morgan fingerprint density at radius 2 is 1.89 bits per heavy atom. The quantitative estimate of drug-likeness (QED) is 0.347. The molecule has 1 aromatic heterocycles. The highest BCUT2D eigenvalue weighted by Crippen LogP contribution is 2.77. The van der Waals surface area contributed by atoms with Crippen molar-refractivity contribution >= 4 is 28.7 Å². The number of allylic oxidation sites excluding steroid dienone is 4. The molecule has 7 atom stereocenters. The van der Waals surface area contributed by atoms with E-state index < -0.39 is 0 Å². The molecule has 1 aromatic carbocycles. The molecule has 1 saturated heterocycles. The Labute approximate surface area is 261 Å². The van der Waals surface area contributed by atoms with E-state index in [0.29, 0.717) is 53.7 Å². The summed E-state index contributed by atoms with van der Waals surface area (Å²) < 4.78 is 6.03. The maximum absolute atomic E-state index is 14.6. The van der Waals surface area contributed by atoms with Crippen molar-refractivity contribution in [1.82, 2.24) is 9.88 Å². The molecule has 0 radical (unpaired) electrons. The van der Waals surface area contributed by atoms with Crippen molar-refractivity contribution in [1.29, 1.82) is 0 Å². The third-order valence-corrected chi connectivity index (χ3v) is 13.4. The molecule has 6 aliphatic rings. The van der Waals surface area contributed by atoms with Crippen LogP contribution in [0, 0.1) is 45.8 Å².